The Labute approximate surface area is 137 Å². The maximum atomic E-state index is 12.0. The molecule has 23 heavy (non-hydrogen) atoms. The Morgan fingerprint density at radius 3 is 2.48 bits per heavy atom. The predicted octanol–water partition coefficient (Wildman–Crippen LogP) is 0.551. The van der Waals surface area contributed by atoms with Crippen LogP contribution in [0.25, 0.3) is 0 Å². The molecule has 1 heterocycles. The Morgan fingerprint density at radius 1 is 1.26 bits per heavy atom. The third-order valence-electron chi connectivity index (χ3n) is 4.27. The van der Waals surface area contributed by atoms with Crippen molar-refractivity contribution >= 4 is 11.8 Å². The van der Waals surface area contributed by atoms with Gasteiger partial charge in [0.15, 0.2) is 0 Å². The Kier molecular flexibility index (Phi) is 6.40. The molecule has 6 heteroatoms. The van der Waals surface area contributed by atoms with Gasteiger partial charge in [0.25, 0.3) is 0 Å². The number of methoxy groups -OCH3 is 1. The summed E-state index contributed by atoms with van der Waals surface area (Å²) in [5, 5.41) is 2.52. The van der Waals surface area contributed by atoms with Gasteiger partial charge in [-0.1, -0.05) is 12.1 Å². The standard InChI is InChI=1S/C17H25N3O3/c1-23-15-4-2-13(3-5-15)10-14-6-8-20(9-7-14)17(22)12-19-16(21)11-18/h2-5,14H,6-12,18H2,1H3,(H,19,21). The third-order valence-corrected chi connectivity index (χ3v) is 4.27. The van der Waals surface area contributed by atoms with Gasteiger partial charge in [-0.15, -0.1) is 0 Å². The van der Waals surface area contributed by atoms with E-state index >= 15 is 0 Å². The van der Waals surface area contributed by atoms with Crippen molar-refractivity contribution in [1.29, 1.82) is 0 Å². The van der Waals surface area contributed by atoms with Crippen LogP contribution < -0.4 is 15.8 Å². The molecule has 0 atom stereocenters. The minimum Gasteiger partial charge on any atom is -0.497 e. The first-order valence-corrected chi connectivity index (χ1v) is 8.00. The number of rotatable bonds is 6. The first-order valence-electron chi connectivity index (χ1n) is 8.00. The summed E-state index contributed by atoms with van der Waals surface area (Å²) in [6.07, 6.45) is 3.00. The second-order valence-electron chi connectivity index (χ2n) is 5.86. The van der Waals surface area contributed by atoms with Gasteiger partial charge < -0.3 is 20.7 Å². The summed E-state index contributed by atoms with van der Waals surface area (Å²) in [6.45, 7) is 1.45. The van der Waals surface area contributed by atoms with Gasteiger partial charge in [0.2, 0.25) is 11.8 Å². The fraction of sp³-hybridized carbons (Fsp3) is 0.529. The predicted molar refractivity (Wildman–Crippen MR) is 88.1 cm³/mol. The van der Waals surface area contributed by atoms with E-state index in [2.05, 4.69) is 17.4 Å². The molecule has 1 fully saturated rings. The SMILES string of the molecule is COc1ccc(CC2CCN(C(=O)CNC(=O)CN)CC2)cc1. The van der Waals surface area contributed by atoms with Gasteiger partial charge in [0.05, 0.1) is 20.2 Å². The summed E-state index contributed by atoms with van der Waals surface area (Å²) in [7, 11) is 1.66. The topological polar surface area (TPSA) is 84.7 Å². The number of nitrogens with zero attached hydrogens (tertiary/aromatic N) is 1. The number of piperidine rings is 1. The summed E-state index contributed by atoms with van der Waals surface area (Å²) in [5.41, 5.74) is 6.50. The van der Waals surface area contributed by atoms with Crippen LogP contribution in [0.5, 0.6) is 5.75 Å². The first kappa shape index (κ1) is 17.3. The van der Waals surface area contributed by atoms with E-state index in [0.717, 1.165) is 38.1 Å². The number of ether oxygens (including phenoxy) is 1. The summed E-state index contributed by atoms with van der Waals surface area (Å²) in [4.78, 5) is 24.9. The van der Waals surface area contributed by atoms with E-state index in [4.69, 9.17) is 10.5 Å². The number of nitrogens with two attached hydrogens (primary N) is 1. The zero-order valence-corrected chi connectivity index (χ0v) is 13.6. The van der Waals surface area contributed by atoms with E-state index in [1.165, 1.54) is 5.56 Å². The average molecular weight is 319 g/mol. The van der Waals surface area contributed by atoms with E-state index in [1.807, 2.05) is 17.0 Å². The van der Waals surface area contributed by atoms with Crippen LogP contribution in [-0.2, 0) is 16.0 Å². The Balaban J connectivity index is 1.74. The van der Waals surface area contributed by atoms with Crippen LogP contribution in [0.1, 0.15) is 18.4 Å². The van der Waals surface area contributed by atoms with E-state index in [1.54, 1.807) is 7.11 Å². The summed E-state index contributed by atoms with van der Waals surface area (Å²) in [6, 6.07) is 8.15. The van der Waals surface area contributed by atoms with Crippen molar-refractivity contribution in [3.63, 3.8) is 0 Å². The van der Waals surface area contributed by atoms with Gasteiger partial charge >= 0.3 is 0 Å². The number of carbonyl (C=O) groups excluding carboxylic acids is 2. The fourth-order valence-corrected chi connectivity index (χ4v) is 2.84. The molecule has 0 aromatic heterocycles. The highest BCUT2D eigenvalue weighted by Gasteiger charge is 2.23. The second-order valence-corrected chi connectivity index (χ2v) is 5.86. The van der Waals surface area contributed by atoms with Crippen LogP contribution >= 0.6 is 0 Å². The molecule has 0 unspecified atom stereocenters. The molecule has 0 bridgehead atoms. The highest BCUT2D eigenvalue weighted by atomic mass is 16.5. The summed E-state index contributed by atoms with van der Waals surface area (Å²) in [5.74, 6) is 1.13. The van der Waals surface area contributed by atoms with Gasteiger partial charge in [0.1, 0.15) is 5.75 Å². The maximum Gasteiger partial charge on any atom is 0.241 e. The monoisotopic (exact) mass is 319 g/mol. The molecule has 1 aromatic carbocycles. The fourth-order valence-electron chi connectivity index (χ4n) is 2.84. The largest absolute Gasteiger partial charge is 0.497 e. The van der Waals surface area contributed by atoms with E-state index < -0.39 is 0 Å². The van der Waals surface area contributed by atoms with Crippen molar-refractivity contribution in [2.45, 2.75) is 19.3 Å². The van der Waals surface area contributed by atoms with Gasteiger partial charge in [-0.05, 0) is 42.9 Å². The smallest absolute Gasteiger partial charge is 0.241 e. The molecule has 3 N–H and O–H groups in total. The Hall–Kier alpha value is -2.08. The molecular weight excluding hydrogens is 294 g/mol. The zero-order valence-electron chi connectivity index (χ0n) is 13.6. The molecule has 1 saturated heterocycles. The van der Waals surface area contributed by atoms with Gasteiger partial charge in [-0.25, -0.2) is 0 Å². The van der Waals surface area contributed by atoms with Gasteiger partial charge in [0, 0.05) is 13.1 Å². The molecule has 0 saturated carbocycles. The molecule has 1 aliphatic rings. The molecule has 6 nitrogen and oxygen atoms in total. The van der Waals surface area contributed by atoms with Crippen molar-refractivity contribution in [2.75, 3.05) is 33.3 Å². The minimum atomic E-state index is -0.298. The molecule has 0 aliphatic carbocycles. The van der Waals surface area contributed by atoms with Crippen LogP contribution in [0.4, 0.5) is 0 Å². The Bertz CT molecular complexity index is 522. The maximum absolute atomic E-state index is 12.0. The van der Waals surface area contributed by atoms with E-state index in [0.29, 0.717) is 5.92 Å². The lowest BCUT2D eigenvalue weighted by molar-refractivity contribution is -0.133. The number of hydrogen-bond acceptors (Lipinski definition) is 4. The van der Waals surface area contributed by atoms with Crippen molar-refractivity contribution in [3.05, 3.63) is 29.8 Å². The lowest BCUT2D eigenvalue weighted by Crippen LogP contribution is -2.45. The normalized spacial score (nSPS) is 15.3. The van der Waals surface area contributed by atoms with Gasteiger partial charge in [-0.3, -0.25) is 9.59 Å². The highest BCUT2D eigenvalue weighted by Crippen LogP contribution is 2.22. The van der Waals surface area contributed by atoms with Crippen LogP contribution in [0.3, 0.4) is 0 Å². The molecule has 2 amide bonds. The van der Waals surface area contributed by atoms with Crippen molar-refractivity contribution < 1.29 is 14.3 Å². The minimum absolute atomic E-state index is 0.0327. The van der Waals surface area contributed by atoms with Crippen molar-refractivity contribution in [2.24, 2.45) is 11.7 Å². The van der Waals surface area contributed by atoms with E-state index in [9.17, 15) is 9.59 Å². The third kappa shape index (κ3) is 5.25. The molecule has 1 aliphatic heterocycles. The lowest BCUT2D eigenvalue weighted by Gasteiger charge is -2.32. The molecule has 1 aromatic rings. The van der Waals surface area contributed by atoms with Gasteiger partial charge in [-0.2, -0.15) is 0 Å². The number of hydrogen-bond donors (Lipinski definition) is 2. The highest BCUT2D eigenvalue weighted by molar-refractivity contribution is 5.85. The number of amides is 2. The number of nitrogens with one attached hydrogen (secondary N) is 1. The van der Waals surface area contributed by atoms with Crippen molar-refractivity contribution in [3.8, 4) is 5.75 Å². The quantitative estimate of drug-likeness (QED) is 0.802. The molecule has 2 rings (SSSR count). The van der Waals surface area contributed by atoms with E-state index in [-0.39, 0.29) is 24.9 Å². The lowest BCUT2D eigenvalue weighted by atomic mass is 9.90. The van der Waals surface area contributed by atoms with Crippen LogP contribution in [0.2, 0.25) is 0 Å². The average Bonchev–Trinajstić information content (AvgIpc) is 2.60. The zero-order chi connectivity index (χ0) is 16.7. The first-order chi connectivity index (χ1) is 11.1. The molecular formula is C17H25N3O3. The second kappa shape index (κ2) is 8.53. The summed E-state index contributed by atoms with van der Waals surface area (Å²) >= 11 is 0. The van der Waals surface area contributed by atoms with Crippen LogP contribution in [0, 0.1) is 5.92 Å². The molecule has 126 valence electrons. The number of carbonyl (C=O) groups is 2. The molecule has 0 spiro atoms. The Morgan fingerprint density at radius 2 is 1.91 bits per heavy atom. The van der Waals surface area contributed by atoms with Crippen LogP contribution in [-0.4, -0.2) is 50.0 Å². The number of likely N-dealkylation sites (tertiary alicyclic amines) is 1. The summed E-state index contributed by atoms with van der Waals surface area (Å²) < 4.78 is 5.17. The number of benzene rings is 1. The van der Waals surface area contributed by atoms with Crippen LogP contribution in [0.15, 0.2) is 24.3 Å². The molecule has 0 radical (unpaired) electrons. The van der Waals surface area contributed by atoms with Crippen molar-refractivity contribution in [1.82, 2.24) is 10.2 Å².